The maximum atomic E-state index is 12.8. The molecule has 4 atom stereocenters. The number of hydrogen-bond donors (Lipinski definition) is 0. The molecule has 3 aliphatic rings. The molecule has 2 bridgehead atoms. The molecule has 2 fully saturated rings. The Morgan fingerprint density at radius 3 is 2.30 bits per heavy atom. The number of benzene rings is 1. The summed E-state index contributed by atoms with van der Waals surface area (Å²) in [5.41, 5.74) is 0.568. The van der Waals surface area contributed by atoms with Gasteiger partial charge in [-0.1, -0.05) is 12.2 Å². The maximum Gasteiger partial charge on any atom is 0.238 e. The fourth-order valence-corrected chi connectivity index (χ4v) is 4.23. The average Bonchev–Trinajstić information content (AvgIpc) is 3.22. The predicted octanol–water partition coefficient (Wildman–Crippen LogP) is 2.41. The lowest BCUT2D eigenvalue weighted by molar-refractivity contribution is -0.123. The van der Waals surface area contributed by atoms with Crippen LogP contribution in [0.1, 0.15) is 13.3 Å². The maximum absolute atomic E-state index is 12.8. The summed E-state index contributed by atoms with van der Waals surface area (Å²) in [5, 5.41) is 0. The number of ether oxygens (including phenoxy) is 2. The highest BCUT2D eigenvalue weighted by molar-refractivity contribution is 6.22. The minimum atomic E-state index is -0.185. The van der Waals surface area contributed by atoms with Crippen molar-refractivity contribution >= 4 is 17.5 Å². The van der Waals surface area contributed by atoms with Gasteiger partial charge in [0, 0.05) is 6.07 Å². The second-order valence-corrected chi connectivity index (χ2v) is 6.28. The van der Waals surface area contributed by atoms with Crippen molar-refractivity contribution in [3.8, 4) is 11.5 Å². The molecule has 1 aromatic carbocycles. The standard InChI is InChI=1S/C18H19NO4/c1-3-23-14-9-12(6-7-13(14)22-2)19-17(20)15-10-4-5-11(8-10)16(15)18(19)21/h4-7,9-11,15-16H,3,8H2,1-2H3/t10-,11-,15-,16-/m0/s1. The van der Waals surface area contributed by atoms with E-state index in [1.54, 1.807) is 25.3 Å². The van der Waals surface area contributed by atoms with Crippen LogP contribution in [0.4, 0.5) is 5.69 Å². The number of imide groups is 1. The number of anilines is 1. The second kappa shape index (κ2) is 5.11. The van der Waals surface area contributed by atoms with Crippen LogP contribution in [0.2, 0.25) is 0 Å². The number of fused-ring (bicyclic) bond motifs is 5. The van der Waals surface area contributed by atoms with E-state index in [1.165, 1.54) is 4.90 Å². The summed E-state index contributed by atoms with van der Waals surface area (Å²) in [6, 6.07) is 5.20. The molecule has 1 aliphatic heterocycles. The molecule has 0 N–H and O–H groups in total. The zero-order chi connectivity index (χ0) is 16.1. The van der Waals surface area contributed by atoms with E-state index < -0.39 is 0 Å². The quantitative estimate of drug-likeness (QED) is 0.633. The van der Waals surface area contributed by atoms with Gasteiger partial charge in [0.1, 0.15) is 0 Å². The van der Waals surface area contributed by atoms with Crippen LogP contribution in [-0.4, -0.2) is 25.5 Å². The Kier molecular flexibility index (Phi) is 3.18. The Hall–Kier alpha value is -2.30. The first-order chi connectivity index (χ1) is 11.2. The predicted molar refractivity (Wildman–Crippen MR) is 84.4 cm³/mol. The van der Waals surface area contributed by atoms with E-state index in [0.29, 0.717) is 23.8 Å². The molecule has 5 nitrogen and oxygen atoms in total. The molecule has 1 aromatic rings. The van der Waals surface area contributed by atoms with E-state index >= 15 is 0 Å². The van der Waals surface area contributed by atoms with Crippen molar-refractivity contribution in [2.45, 2.75) is 13.3 Å². The lowest BCUT2D eigenvalue weighted by Crippen LogP contribution is -2.32. The second-order valence-electron chi connectivity index (χ2n) is 6.28. The Balaban J connectivity index is 1.70. The van der Waals surface area contributed by atoms with Crippen molar-refractivity contribution in [3.63, 3.8) is 0 Å². The molecule has 23 heavy (non-hydrogen) atoms. The van der Waals surface area contributed by atoms with Crippen LogP contribution in [0.3, 0.4) is 0 Å². The Labute approximate surface area is 134 Å². The van der Waals surface area contributed by atoms with E-state index in [1.807, 2.05) is 6.92 Å². The molecular formula is C18H19NO4. The van der Waals surface area contributed by atoms with Crippen molar-refractivity contribution in [1.29, 1.82) is 0 Å². The molecule has 1 saturated heterocycles. The number of allylic oxidation sites excluding steroid dienone is 2. The zero-order valence-electron chi connectivity index (χ0n) is 13.2. The molecule has 0 aromatic heterocycles. The summed E-state index contributed by atoms with van der Waals surface area (Å²) in [6.45, 7) is 2.37. The molecule has 2 amide bonds. The van der Waals surface area contributed by atoms with Crippen LogP contribution in [0, 0.1) is 23.7 Å². The fourth-order valence-electron chi connectivity index (χ4n) is 4.23. The number of methoxy groups -OCH3 is 1. The van der Waals surface area contributed by atoms with Gasteiger partial charge in [-0.2, -0.15) is 0 Å². The van der Waals surface area contributed by atoms with Gasteiger partial charge >= 0.3 is 0 Å². The van der Waals surface area contributed by atoms with Gasteiger partial charge in [0.2, 0.25) is 11.8 Å². The molecule has 2 aliphatic carbocycles. The van der Waals surface area contributed by atoms with Crippen LogP contribution in [0.5, 0.6) is 11.5 Å². The van der Waals surface area contributed by atoms with Gasteiger partial charge in [-0.05, 0) is 37.3 Å². The molecular weight excluding hydrogens is 294 g/mol. The normalized spacial score (nSPS) is 31.0. The summed E-state index contributed by atoms with van der Waals surface area (Å²) in [5.74, 6) is 1.05. The summed E-state index contributed by atoms with van der Waals surface area (Å²) >= 11 is 0. The molecule has 0 spiro atoms. The number of carbonyl (C=O) groups is 2. The summed E-state index contributed by atoms with van der Waals surface area (Å²) < 4.78 is 10.8. The van der Waals surface area contributed by atoms with Gasteiger partial charge in [-0.25, -0.2) is 4.90 Å². The summed E-state index contributed by atoms with van der Waals surface area (Å²) in [7, 11) is 1.57. The van der Waals surface area contributed by atoms with E-state index in [-0.39, 0.29) is 35.5 Å². The van der Waals surface area contributed by atoms with Crippen LogP contribution >= 0.6 is 0 Å². The number of rotatable bonds is 4. The first-order valence-corrected chi connectivity index (χ1v) is 8.02. The number of hydrogen-bond acceptors (Lipinski definition) is 4. The fraction of sp³-hybridized carbons (Fsp3) is 0.444. The zero-order valence-corrected chi connectivity index (χ0v) is 13.2. The first-order valence-electron chi connectivity index (χ1n) is 8.02. The van der Waals surface area contributed by atoms with Crippen LogP contribution in [0.15, 0.2) is 30.4 Å². The lowest BCUT2D eigenvalue weighted by Gasteiger charge is -2.19. The van der Waals surface area contributed by atoms with E-state index in [4.69, 9.17) is 9.47 Å². The van der Waals surface area contributed by atoms with Crippen LogP contribution in [0.25, 0.3) is 0 Å². The lowest BCUT2D eigenvalue weighted by atomic mass is 9.85. The van der Waals surface area contributed by atoms with Gasteiger partial charge in [0.15, 0.2) is 11.5 Å². The molecule has 5 heteroatoms. The molecule has 4 rings (SSSR count). The Bertz CT molecular complexity index is 681. The largest absolute Gasteiger partial charge is 0.493 e. The molecule has 1 saturated carbocycles. The first kappa shape index (κ1) is 14.3. The highest BCUT2D eigenvalue weighted by atomic mass is 16.5. The third-order valence-electron chi connectivity index (χ3n) is 5.18. The van der Waals surface area contributed by atoms with Crippen molar-refractivity contribution in [2.24, 2.45) is 23.7 Å². The molecule has 120 valence electrons. The van der Waals surface area contributed by atoms with Gasteiger partial charge in [-0.15, -0.1) is 0 Å². The summed E-state index contributed by atoms with van der Waals surface area (Å²) in [4.78, 5) is 27.0. The highest BCUT2D eigenvalue weighted by Gasteiger charge is 2.59. The average molecular weight is 313 g/mol. The third-order valence-corrected chi connectivity index (χ3v) is 5.18. The smallest absolute Gasteiger partial charge is 0.238 e. The van der Waals surface area contributed by atoms with Gasteiger partial charge < -0.3 is 9.47 Å². The molecule has 0 radical (unpaired) electrons. The van der Waals surface area contributed by atoms with E-state index in [2.05, 4.69) is 12.2 Å². The van der Waals surface area contributed by atoms with Crippen molar-refractivity contribution in [1.82, 2.24) is 0 Å². The van der Waals surface area contributed by atoms with Crippen molar-refractivity contribution < 1.29 is 19.1 Å². The van der Waals surface area contributed by atoms with Gasteiger partial charge in [-0.3, -0.25) is 9.59 Å². The highest BCUT2D eigenvalue weighted by Crippen LogP contribution is 2.53. The third kappa shape index (κ3) is 1.92. The molecule has 1 heterocycles. The summed E-state index contributed by atoms with van der Waals surface area (Å²) in [6.07, 6.45) is 5.13. The number of carbonyl (C=O) groups excluding carboxylic acids is 2. The topological polar surface area (TPSA) is 55.8 Å². The van der Waals surface area contributed by atoms with Gasteiger partial charge in [0.25, 0.3) is 0 Å². The Morgan fingerprint density at radius 2 is 1.74 bits per heavy atom. The van der Waals surface area contributed by atoms with E-state index in [0.717, 1.165) is 6.42 Å². The van der Waals surface area contributed by atoms with Crippen LogP contribution in [-0.2, 0) is 9.59 Å². The van der Waals surface area contributed by atoms with Crippen molar-refractivity contribution in [3.05, 3.63) is 30.4 Å². The van der Waals surface area contributed by atoms with E-state index in [9.17, 15) is 9.59 Å². The van der Waals surface area contributed by atoms with Crippen molar-refractivity contribution in [2.75, 3.05) is 18.6 Å². The number of amides is 2. The Morgan fingerprint density at radius 1 is 1.09 bits per heavy atom. The SMILES string of the molecule is CCOc1cc(N2C(=O)[C@@H]3[C@@H](C2=O)[C@H]2C=C[C@H]3C2)ccc1OC. The molecule has 0 unspecified atom stereocenters. The van der Waals surface area contributed by atoms with Gasteiger partial charge in [0.05, 0.1) is 31.2 Å². The monoisotopic (exact) mass is 313 g/mol. The minimum absolute atomic E-state index is 0.0792. The minimum Gasteiger partial charge on any atom is -0.493 e. The van der Waals surface area contributed by atoms with Crippen LogP contribution < -0.4 is 14.4 Å². The number of nitrogens with zero attached hydrogens (tertiary/aromatic N) is 1.